The van der Waals surface area contributed by atoms with Gasteiger partial charge in [0.1, 0.15) is 5.71 Å². The fourth-order valence-corrected chi connectivity index (χ4v) is 5.09. The number of nitrogens with zero attached hydrogens (tertiary/aromatic N) is 2. The largest absolute Gasteiger partial charge is 0.387 e. The van der Waals surface area contributed by atoms with Gasteiger partial charge in [-0.25, -0.2) is 8.42 Å². The van der Waals surface area contributed by atoms with Crippen LogP contribution in [0.5, 0.6) is 0 Å². The quantitative estimate of drug-likeness (QED) is 0.822. The van der Waals surface area contributed by atoms with Crippen LogP contribution in [-0.4, -0.2) is 48.8 Å². The topological polar surface area (TPSA) is 88.1 Å². The molecular weight excluding hydrogens is 354 g/mol. The van der Waals surface area contributed by atoms with Crippen molar-refractivity contribution < 1.29 is 18.0 Å². The molecule has 7 nitrogen and oxygen atoms in total. The average molecular weight is 379 g/mol. The maximum Gasteiger partial charge on any atom is 0.273 e. The van der Waals surface area contributed by atoms with Crippen molar-refractivity contribution in [2.24, 2.45) is 5.16 Å². The standard InChI is InChI=1S/C18H25N3O4S/c1-2-3-12-26(23,24)21-11-7-10-18(14-21)13-16(20-25-18)17(22)19-15-8-5-4-6-9-15/h4-6,8-9H,2-3,7,10-14H2,1H3,(H,19,22). The van der Waals surface area contributed by atoms with Gasteiger partial charge in [0, 0.05) is 18.7 Å². The lowest BCUT2D eigenvalue weighted by Crippen LogP contribution is -2.51. The fourth-order valence-electron chi connectivity index (χ4n) is 3.34. The Morgan fingerprint density at radius 3 is 2.85 bits per heavy atom. The molecule has 1 aromatic rings. The second kappa shape index (κ2) is 7.75. The first-order valence-corrected chi connectivity index (χ1v) is 10.6. The molecule has 1 N–H and O–H groups in total. The van der Waals surface area contributed by atoms with E-state index in [2.05, 4.69) is 10.5 Å². The van der Waals surface area contributed by atoms with Crippen LogP contribution in [0.2, 0.25) is 0 Å². The number of para-hydroxylation sites is 1. The molecule has 0 saturated carbocycles. The molecule has 0 aliphatic carbocycles. The molecular formula is C18H25N3O4S. The van der Waals surface area contributed by atoms with Crippen LogP contribution >= 0.6 is 0 Å². The highest BCUT2D eigenvalue weighted by Crippen LogP contribution is 2.34. The van der Waals surface area contributed by atoms with Gasteiger partial charge in [0.05, 0.1) is 12.3 Å². The zero-order valence-corrected chi connectivity index (χ0v) is 15.8. The molecule has 1 unspecified atom stereocenters. The third kappa shape index (κ3) is 4.24. The number of unbranched alkanes of at least 4 members (excludes halogenated alkanes) is 1. The van der Waals surface area contributed by atoms with Gasteiger partial charge in [-0.3, -0.25) is 4.79 Å². The van der Waals surface area contributed by atoms with E-state index in [1.54, 1.807) is 12.1 Å². The molecule has 1 saturated heterocycles. The number of amides is 1. The normalized spacial score (nSPS) is 23.5. The molecule has 26 heavy (non-hydrogen) atoms. The maximum absolute atomic E-state index is 12.5. The van der Waals surface area contributed by atoms with Crippen molar-refractivity contribution in [2.45, 2.75) is 44.6 Å². The predicted molar refractivity (Wildman–Crippen MR) is 100 cm³/mol. The van der Waals surface area contributed by atoms with Gasteiger partial charge in [-0.05, 0) is 31.4 Å². The van der Waals surface area contributed by atoms with E-state index in [-0.39, 0.29) is 18.2 Å². The summed E-state index contributed by atoms with van der Waals surface area (Å²) in [4.78, 5) is 18.0. The Morgan fingerprint density at radius 1 is 1.35 bits per heavy atom. The van der Waals surface area contributed by atoms with Crippen molar-refractivity contribution in [3.05, 3.63) is 30.3 Å². The summed E-state index contributed by atoms with van der Waals surface area (Å²) in [5.41, 5.74) is 0.274. The van der Waals surface area contributed by atoms with Crippen LogP contribution in [0.25, 0.3) is 0 Å². The molecule has 142 valence electrons. The van der Waals surface area contributed by atoms with Crippen molar-refractivity contribution in [3.63, 3.8) is 0 Å². The molecule has 1 spiro atoms. The van der Waals surface area contributed by atoms with E-state index >= 15 is 0 Å². The summed E-state index contributed by atoms with van der Waals surface area (Å²) in [5.74, 6) is -0.152. The number of rotatable bonds is 6. The fraction of sp³-hybridized carbons (Fsp3) is 0.556. The molecule has 0 aromatic heterocycles. The van der Waals surface area contributed by atoms with E-state index in [4.69, 9.17) is 4.84 Å². The third-order valence-electron chi connectivity index (χ3n) is 4.79. The lowest BCUT2D eigenvalue weighted by molar-refractivity contribution is -0.110. The summed E-state index contributed by atoms with van der Waals surface area (Å²) < 4.78 is 26.5. The van der Waals surface area contributed by atoms with E-state index in [0.717, 1.165) is 6.42 Å². The Balaban J connectivity index is 1.63. The molecule has 3 rings (SSSR count). The Hall–Kier alpha value is -1.93. The number of carbonyl (C=O) groups excluding carboxylic acids is 1. The van der Waals surface area contributed by atoms with Gasteiger partial charge in [-0.1, -0.05) is 36.7 Å². The molecule has 0 bridgehead atoms. The predicted octanol–water partition coefficient (Wildman–Crippen LogP) is 2.37. The summed E-state index contributed by atoms with van der Waals surface area (Å²) in [5, 5.41) is 6.76. The number of nitrogens with one attached hydrogen (secondary N) is 1. The van der Waals surface area contributed by atoms with E-state index < -0.39 is 15.6 Å². The number of hydrogen-bond donors (Lipinski definition) is 1. The molecule has 0 radical (unpaired) electrons. The first-order chi connectivity index (χ1) is 12.4. The number of oxime groups is 1. The van der Waals surface area contributed by atoms with Crippen molar-refractivity contribution in [1.29, 1.82) is 0 Å². The van der Waals surface area contributed by atoms with E-state index in [0.29, 0.717) is 43.6 Å². The average Bonchev–Trinajstić information content (AvgIpc) is 3.04. The second-order valence-corrected chi connectivity index (χ2v) is 9.00. The van der Waals surface area contributed by atoms with Gasteiger partial charge < -0.3 is 10.2 Å². The van der Waals surface area contributed by atoms with Crippen LogP contribution in [0.1, 0.15) is 39.0 Å². The number of anilines is 1. The Kier molecular flexibility index (Phi) is 5.62. The Morgan fingerprint density at radius 2 is 2.12 bits per heavy atom. The second-order valence-electron chi connectivity index (χ2n) is 6.92. The molecule has 1 atom stereocenters. The van der Waals surface area contributed by atoms with Crippen LogP contribution in [0, 0.1) is 0 Å². The van der Waals surface area contributed by atoms with Crippen molar-refractivity contribution in [1.82, 2.24) is 4.31 Å². The highest BCUT2D eigenvalue weighted by Gasteiger charge is 2.46. The Labute approximate surface area is 154 Å². The number of carbonyl (C=O) groups is 1. The van der Waals surface area contributed by atoms with Crippen molar-refractivity contribution in [3.8, 4) is 0 Å². The molecule has 2 aliphatic rings. The molecule has 1 fully saturated rings. The lowest BCUT2D eigenvalue weighted by Gasteiger charge is -2.37. The summed E-state index contributed by atoms with van der Waals surface area (Å²) >= 11 is 0. The minimum Gasteiger partial charge on any atom is -0.387 e. The van der Waals surface area contributed by atoms with Gasteiger partial charge in [0.2, 0.25) is 10.0 Å². The number of piperidine rings is 1. The monoisotopic (exact) mass is 379 g/mol. The first-order valence-electron chi connectivity index (χ1n) is 9.03. The highest BCUT2D eigenvalue weighted by molar-refractivity contribution is 7.89. The zero-order chi connectivity index (χ0) is 18.6. The summed E-state index contributed by atoms with van der Waals surface area (Å²) in [6, 6.07) is 9.14. The molecule has 8 heteroatoms. The van der Waals surface area contributed by atoms with E-state index in [1.165, 1.54) is 4.31 Å². The maximum atomic E-state index is 12.5. The number of sulfonamides is 1. The summed E-state index contributed by atoms with van der Waals surface area (Å²) in [7, 11) is -3.29. The molecule has 2 aliphatic heterocycles. The number of hydrogen-bond acceptors (Lipinski definition) is 5. The van der Waals surface area contributed by atoms with Crippen molar-refractivity contribution >= 4 is 27.3 Å². The highest BCUT2D eigenvalue weighted by atomic mass is 32.2. The van der Waals surface area contributed by atoms with Crippen LogP contribution in [0.15, 0.2) is 35.5 Å². The zero-order valence-electron chi connectivity index (χ0n) is 15.0. The van der Waals surface area contributed by atoms with Gasteiger partial charge in [-0.15, -0.1) is 0 Å². The molecule has 2 heterocycles. The van der Waals surface area contributed by atoms with Crippen LogP contribution in [-0.2, 0) is 19.7 Å². The van der Waals surface area contributed by atoms with Gasteiger partial charge in [0.15, 0.2) is 5.60 Å². The lowest BCUT2D eigenvalue weighted by atomic mass is 9.89. The van der Waals surface area contributed by atoms with E-state index in [9.17, 15) is 13.2 Å². The van der Waals surface area contributed by atoms with Crippen LogP contribution in [0.3, 0.4) is 0 Å². The smallest absolute Gasteiger partial charge is 0.273 e. The van der Waals surface area contributed by atoms with E-state index in [1.807, 2.05) is 25.1 Å². The SMILES string of the molecule is CCCCS(=O)(=O)N1CCCC2(CC(C(=O)Nc3ccccc3)=NO2)C1. The van der Waals surface area contributed by atoms with Gasteiger partial charge in [0.25, 0.3) is 5.91 Å². The minimum absolute atomic E-state index is 0.155. The Bertz CT molecular complexity index is 779. The first kappa shape index (κ1) is 18.8. The summed E-state index contributed by atoms with van der Waals surface area (Å²) in [6.45, 7) is 2.73. The third-order valence-corrected chi connectivity index (χ3v) is 6.69. The summed E-state index contributed by atoms with van der Waals surface area (Å²) in [6.07, 6.45) is 3.20. The molecule has 1 aromatic carbocycles. The van der Waals surface area contributed by atoms with Gasteiger partial charge in [-0.2, -0.15) is 4.31 Å². The molecule has 1 amide bonds. The van der Waals surface area contributed by atoms with Gasteiger partial charge >= 0.3 is 0 Å². The number of benzene rings is 1. The van der Waals surface area contributed by atoms with Crippen molar-refractivity contribution in [2.75, 3.05) is 24.2 Å². The minimum atomic E-state index is -3.29. The van der Waals surface area contributed by atoms with Crippen LogP contribution < -0.4 is 5.32 Å². The van der Waals surface area contributed by atoms with Crippen LogP contribution in [0.4, 0.5) is 5.69 Å².